The van der Waals surface area contributed by atoms with E-state index in [2.05, 4.69) is 54.8 Å². The molecule has 0 aliphatic rings. The minimum Gasteiger partial charge on any atom is -0.491 e. The average molecular weight is 314 g/mol. The molecular weight excluding hydrogens is 292 g/mol. The number of hydrogen-bond acceptors (Lipinski definition) is 2. The van der Waals surface area contributed by atoms with Crippen molar-refractivity contribution < 1.29 is 4.74 Å². The number of rotatable bonds is 5. The van der Waals surface area contributed by atoms with Gasteiger partial charge in [0.1, 0.15) is 12.4 Å². The van der Waals surface area contributed by atoms with Crippen LogP contribution in [0, 0.1) is 20.8 Å². The van der Waals surface area contributed by atoms with Crippen LogP contribution in [0.5, 0.6) is 5.75 Å². The van der Waals surface area contributed by atoms with Gasteiger partial charge in [-0.05, 0) is 62.3 Å². The predicted octanol–water partition coefficient (Wildman–Crippen LogP) is 3.98. The monoisotopic (exact) mass is 314 g/mol. The second-order valence-electron chi connectivity index (χ2n) is 5.36. The van der Waals surface area contributed by atoms with Gasteiger partial charge in [-0.1, -0.05) is 29.8 Å². The van der Waals surface area contributed by atoms with Crippen LogP contribution in [-0.4, -0.2) is 18.3 Å². The zero-order valence-corrected chi connectivity index (χ0v) is 14.1. The molecular formula is C18H22N2OS. The van der Waals surface area contributed by atoms with Crippen molar-refractivity contribution in [1.29, 1.82) is 0 Å². The van der Waals surface area contributed by atoms with E-state index in [0.717, 1.165) is 17.0 Å². The summed E-state index contributed by atoms with van der Waals surface area (Å²) in [6, 6.07) is 14.3. The standard InChI is InChI=1S/C18H22N2OS/c1-13-5-8-16(9-6-13)20-18(22)19-10-11-21-17-12-14(2)4-7-15(17)3/h4-9,12H,10-11H2,1-3H3,(H2,19,20,22). The first kappa shape index (κ1) is 16.3. The quantitative estimate of drug-likeness (QED) is 0.646. The van der Waals surface area contributed by atoms with E-state index in [1.54, 1.807) is 0 Å². The molecule has 0 aliphatic carbocycles. The third-order valence-electron chi connectivity index (χ3n) is 3.30. The molecule has 22 heavy (non-hydrogen) atoms. The van der Waals surface area contributed by atoms with Crippen molar-refractivity contribution in [2.45, 2.75) is 20.8 Å². The lowest BCUT2D eigenvalue weighted by Gasteiger charge is -2.13. The van der Waals surface area contributed by atoms with Gasteiger partial charge in [0.15, 0.2) is 5.11 Å². The lowest BCUT2D eigenvalue weighted by Crippen LogP contribution is -2.32. The fourth-order valence-corrected chi connectivity index (χ4v) is 2.22. The van der Waals surface area contributed by atoms with Crippen LogP contribution in [0.2, 0.25) is 0 Å². The van der Waals surface area contributed by atoms with E-state index in [9.17, 15) is 0 Å². The molecule has 0 saturated heterocycles. The predicted molar refractivity (Wildman–Crippen MR) is 96.8 cm³/mol. The van der Waals surface area contributed by atoms with Crippen LogP contribution in [-0.2, 0) is 0 Å². The van der Waals surface area contributed by atoms with E-state index in [-0.39, 0.29) is 0 Å². The maximum absolute atomic E-state index is 5.78. The Bertz CT molecular complexity index is 638. The highest BCUT2D eigenvalue weighted by atomic mass is 32.1. The van der Waals surface area contributed by atoms with E-state index >= 15 is 0 Å². The minimum absolute atomic E-state index is 0.569. The zero-order valence-electron chi connectivity index (χ0n) is 13.3. The van der Waals surface area contributed by atoms with E-state index in [0.29, 0.717) is 18.3 Å². The molecule has 0 aromatic heterocycles. The molecule has 3 nitrogen and oxygen atoms in total. The van der Waals surface area contributed by atoms with Gasteiger partial charge in [-0.3, -0.25) is 0 Å². The molecule has 0 atom stereocenters. The number of hydrogen-bond donors (Lipinski definition) is 2. The fourth-order valence-electron chi connectivity index (χ4n) is 2.00. The molecule has 0 heterocycles. The molecule has 0 radical (unpaired) electrons. The van der Waals surface area contributed by atoms with Gasteiger partial charge >= 0.3 is 0 Å². The van der Waals surface area contributed by atoms with E-state index < -0.39 is 0 Å². The maximum atomic E-state index is 5.78. The number of aryl methyl sites for hydroxylation is 3. The van der Waals surface area contributed by atoms with Gasteiger partial charge < -0.3 is 15.4 Å². The second-order valence-corrected chi connectivity index (χ2v) is 5.77. The number of nitrogens with one attached hydrogen (secondary N) is 2. The molecule has 4 heteroatoms. The van der Waals surface area contributed by atoms with Crippen molar-refractivity contribution in [2.24, 2.45) is 0 Å². The van der Waals surface area contributed by atoms with Crippen molar-refractivity contribution in [3.8, 4) is 5.75 Å². The first-order valence-corrected chi connectivity index (χ1v) is 7.77. The molecule has 2 aromatic rings. The van der Waals surface area contributed by atoms with Gasteiger partial charge in [0, 0.05) is 5.69 Å². The first-order chi connectivity index (χ1) is 10.5. The van der Waals surface area contributed by atoms with E-state index in [1.807, 2.05) is 19.1 Å². The molecule has 0 spiro atoms. The van der Waals surface area contributed by atoms with Gasteiger partial charge in [-0.2, -0.15) is 0 Å². The van der Waals surface area contributed by atoms with Gasteiger partial charge in [0.25, 0.3) is 0 Å². The normalized spacial score (nSPS) is 10.1. The summed E-state index contributed by atoms with van der Waals surface area (Å²) in [4.78, 5) is 0. The Morgan fingerprint density at radius 2 is 1.68 bits per heavy atom. The van der Waals surface area contributed by atoms with Gasteiger partial charge in [-0.15, -0.1) is 0 Å². The van der Waals surface area contributed by atoms with Crippen LogP contribution in [0.1, 0.15) is 16.7 Å². The second kappa shape index (κ2) is 7.80. The number of thiocarbonyl (C=S) groups is 1. The van der Waals surface area contributed by atoms with Crippen LogP contribution in [0.15, 0.2) is 42.5 Å². The van der Waals surface area contributed by atoms with Crippen molar-refractivity contribution in [3.05, 3.63) is 59.2 Å². The SMILES string of the molecule is Cc1ccc(NC(=S)NCCOc2cc(C)ccc2C)cc1. The highest BCUT2D eigenvalue weighted by Crippen LogP contribution is 2.18. The maximum Gasteiger partial charge on any atom is 0.170 e. The lowest BCUT2D eigenvalue weighted by molar-refractivity contribution is 0.320. The average Bonchev–Trinajstić information content (AvgIpc) is 2.49. The van der Waals surface area contributed by atoms with Crippen molar-refractivity contribution in [3.63, 3.8) is 0 Å². The lowest BCUT2D eigenvalue weighted by atomic mass is 10.1. The van der Waals surface area contributed by atoms with Crippen molar-refractivity contribution >= 4 is 23.0 Å². The minimum atomic E-state index is 0.569. The third-order valence-corrected chi connectivity index (χ3v) is 3.54. The Labute approximate surface area is 137 Å². The summed E-state index contributed by atoms with van der Waals surface area (Å²) >= 11 is 5.27. The number of ether oxygens (including phenoxy) is 1. The van der Waals surface area contributed by atoms with E-state index in [1.165, 1.54) is 11.1 Å². The summed E-state index contributed by atoms with van der Waals surface area (Å²) in [5.74, 6) is 0.930. The summed E-state index contributed by atoms with van der Waals surface area (Å²) in [6.07, 6.45) is 0. The Morgan fingerprint density at radius 1 is 1.00 bits per heavy atom. The molecule has 0 unspecified atom stereocenters. The van der Waals surface area contributed by atoms with Crippen molar-refractivity contribution in [1.82, 2.24) is 5.32 Å². The summed E-state index contributed by atoms with van der Waals surface area (Å²) in [7, 11) is 0. The van der Waals surface area contributed by atoms with Gasteiger partial charge in [0.2, 0.25) is 0 Å². The zero-order chi connectivity index (χ0) is 15.9. The highest BCUT2D eigenvalue weighted by molar-refractivity contribution is 7.80. The largest absolute Gasteiger partial charge is 0.491 e. The first-order valence-electron chi connectivity index (χ1n) is 7.36. The summed E-state index contributed by atoms with van der Waals surface area (Å²) in [5, 5.41) is 6.90. The third kappa shape index (κ3) is 5.04. The Balaban J connectivity index is 1.73. The summed E-state index contributed by atoms with van der Waals surface area (Å²) in [6.45, 7) is 7.40. The molecule has 2 rings (SSSR count). The van der Waals surface area contributed by atoms with Crippen LogP contribution >= 0.6 is 12.2 Å². The molecule has 0 fully saturated rings. The van der Waals surface area contributed by atoms with Gasteiger partial charge in [0.05, 0.1) is 6.54 Å². The van der Waals surface area contributed by atoms with Crippen LogP contribution in [0.25, 0.3) is 0 Å². The van der Waals surface area contributed by atoms with Crippen LogP contribution in [0.4, 0.5) is 5.69 Å². The van der Waals surface area contributed by atoms with Crippen LogP contribution in [0.3, 0.4) is 0 Å². The Morgan fingerprint density at radius 3 is 2.41 bits per heavy atom. The molecule has 0 amide bonds. The molecule has 0 saturated carbocycles. The van der Waals surface area contributed by atoms with E-state index in [4.69, 9.17) is 17.0 Å². The molecule has 2 N–H and O–H groups in total. The molecule has 116 valence electrons. The summed E-state index contributed by atoms with van der Waals surface area (Å²) in [5.41, 5.74) is 4.56. The highest BCUT2D eigenvalue weighted by Gasteiger charge is 2.01. The van der Waals surface area contributed by atoms with Gasteiger partial charge in [-0.25, -0.2) is 0 Å². The molecule has 0 aliphatic heterocycles. The number of benzene rings is 2. The Kier molecular flexibility index (Phi) is 5.78. The Hall–Kier alpha value is -2.07. The topological polar surface area (TPSA) is 33.3 Å². The molecule has 0 bridgehead atoms. The smallest absolute Gasteiger partial charge is 0.170 e. The van der Waals surface area contributed by atoms with Crippen molar-refractivity contribution in [2.75, 3.05) is 18.5 Å². The molecule has 2 aromatic carbocycles. The number of anilines is 1. The summed E-state index contributed by atoms with van der Waals surface area (Å²) < 4.78 is 5.78. The van der Waals surface area contributed by atoms with Crippen LogP contribution < -0.4 is 15.4 Å². The fraction of sp³-hybridized carbons (Fsp3) is 0.278.